The summed E-state index contributed by atoms with van der Waals surface area (Å²) >= 11 is 0. The van der Waals surface area contributed by atoms with Crippen LogP contribution in [0.25, 0.3) is 5.69 Å². The van der Waals surface area contributed by atoms with Crippen molar-refractivity contribution in [2.75, 3.05) is 0 Å². The number of aromatic nitrogens is 2. The molecule has 0 spiro atoms. The van der Waals surface area contributed by atoms with Crippen LogP contribution in [0.15, 0.2) is 36.5 Å². The lowest BCUT2D eigenvalue weighted by atomic mass is 9.74. The number of rotatable bonds is 3. The summed E-state index contributed by atoms with van der Waals surface area (Å²) in [6, 6.07) is 10.0. The Kier molecular flexibility index (Phi) is 4.00. The molecule has 5 nitrogen and oxygen atoms in total. The molecular weight excluding hydrogens is 300 g/mol. The van der Waals surface area contributed by atoms with Gasteiger partial charge in [0, 0.05) is 5.56 Å². The van der Waals surface area contributed by atoms with Gasteiger partial charge >= 0.3 is 0 Å². The van der Waals surface area contributed by atoms with E-state index in [0.717, 1.165) is 29.8 Å². The Morgan fingerprint density at radius 3 is 2.62 bits per heavy atom. The minimum atomic E-state index is -0.892. The molecule has 1 unspecified atom stereocenters. The maximum atomic E-state index is 12.4. The summed E-state index contributed by atoms with van der Waals surface area (Å²) < 4.78 is 1.99. The predicted molar refractivity (Wildman–Crippen MR) is 94.8 cm³/mol. The Morgan fingerprint density at radius 2 is 2.00 bits per heavy atom. The molecule has 0 saturated heterocycles. The van der Waals surface area contributed by atoms with Crippen LogP contribution in [0, 0.1) is 5.41 Å². The lowest BCUT2D eigenvalue weighted by Crippen LogP contribution is -2.51. The highest BCUT2D eigenvalue weighted by Crippen LogP contribution is 2.41. The molecule has 0 fully saturated rings. The molecule has 2 aromatic rings. The molecule has 3 rings (SSSR count). The van der Waals surface area contributed by atoms with E-state index < -0.39 is 5.54 Å². The fourth-order valence-electron chi connectivity index (χ4n) is 3.31. The number of hydrogen-bond acceptors (Lipinski definition) is 3. The molecule has 0 aliphatic heterocycles. The molecule has 1 heterocycles. The number of nitrogens with zero attached hydrogens (tertiary/aromatic N) is 2. The molecule has 3 N–H and O–H groups in total. The van der Waals surface area contributed by atoms with Gasteiger partial charge in [-0.1, -0.05) is 32.0 Å². The van der Waals surface area contributed by atoms with Crippen molar-refractivity contribution in [2.24, 2.45) is 11.1 Å². The van der Waals surface area contributed by atoms with Gasteiger partial charge in [-0.05, 0) is 44.2 Å². The zero-order valence-corrected chi connectivity index (χ0v) is 14.8. The van der Waals surface area contributed by atoms with Gasteiger partial charge in [0.05, 0.1) is 29.2 Å². The first-order valence-corrected chi connectivity index (χ1v) is 8.39. The highest BCUT2D eigenvalue weighted by molar-refractivity contribution is 5.85. The minimum Gasteiger partial charge on any atom is -0.348 e. The first-order chi connectivity index (χ1) is 11.2. The maximum Gasteiger partial charge on any atom is 0.239 e. The van der Waals surface area contributed by atoms with Gasteiger partial charge in [0.15, 0.2) is 0 Å². The topological polar surface area (TPSA) is 72.9 Å². The molecule has 0 bridgehead atoms. The largest absolute Gasteiger partial charge is 0.348 e. The summed E-state index contributed by atoms with van der Waals surface area (Å²) in [6.45, 7) is 7.91. The van der Waals surface area contributed by atoms with Crippen LogP contribution in [0.2, 0.25) is 0 Å². The van der Waals surface area contributed by atoms with Gasteiger partial charge in [-0.25, -0.2) is 4.68 Å². The molecule has 1 atom stereocenters. The predicted octanol–water partition coefficient (Wildman–Crippen LogP) is 2.74. The van der Waals surface area contributed by atoms with Crippen molar-refractivity contribution in [3.63, 3.8) is 0 Å². The summed E-state index contributed by atoms with van der Waals surface area (Å²) in [7, 11) is 0. The van der Waals surface area contributed by atoms with Crippen LogP contribution in [-0.2, 0) is 11.2 Å². The smallest absolute Gasteiger partial charge is 0.239 e. The second kappa shape index (κ2) is 5.74. The lowest BCUT2D eigenvalue weighted by Gasteiger charge is -2.37. The molecule has 5 heteroatoms. The van der Waals surface area contributed by atoms with Gasteiger partial charge in [0.25, 0.3) is 0 Å². The summed E-state index contributed by atoms with van der Waals surface area (Å²) in [5.74, 6) is -0.136. The number of carbonyl (C=O) groups excluding carboxylic acids is 1. The van der Waals surface area contributed by atoms with E-state index in [2.05, 4.69) is 24.3 Å². The van der Waals surface area contributed by atoms with Crippen LogP contribution < -0.4 is 11.1 Å². The highest BCUT2D eigenvalue weighted by atomic mass is 16.2. The number of carbonyl (C=O) groups is 1. The van der Waals surface area contributed by atoms with Crippen LogP contribution in [0.4, 0.5) is 0 Å². The van der Waals surface area contributed by atoms with Crippen molar-refractivity contribution >= 4 is 5.91 Å². The first kappa shape index (κ1) is 16.7. The third-order valence-corrected chi connectivity index (χ3v) is 4.57. The standard InChI is InChI=1S/C19H26N4O/c1-18(2)10-15(22-17(24)19(3,4)20)14-12-21-23(16(14)11-18)13-8-6-5-7-9-13/h5-9,12,15H,10-11,20H2,1-4H3,(H,22,24). The third kappa shape index (κ3) is 3.22. The number of amides is 1. The molecule has 1 aliphatic carbocycles. The van der Waals surface area contributed by atoms with E-state index in [-0.39, 0.29) is 17.4 Å². The van der Waals surface area contributed by atoms with Crippen molar-refractivity contribution in [3.05, 3.63) is 47.8 Å². The first-order valence-electron chi connectivity index (χ1n) is 8.39. The van der Waals surface area contributed by atoms with Crippen LogP contribution in [-0.4, -0.2) is 21.2 Å². The second-order valence-corrected chi connectivity index (χ2v) is 8.09. The fourth-order valence-corrected chi connectivity index (χ4v) is 3.31. The number of fused-ring (bicyclic) bond motifs is 1. The fraction of sp³-hybridized carbons (Fsp3) is 0.474. The normalized spacial score (nSPS) is 19.6. The molecule has 0 saturated carbocycles. The molecule has 0 radical (unpaired) electrons. The molecule has 1 aromatic heterocycles. The van der Waals surface area contributed by atoms with Gasteiger partial charge in [-0.15, -0.1) is 0 Å². The summed E-state index contributed by atoms with van der Waals surface area (Å²) in [5, 5.41) is 7.71. The minimum absolute atomic E-state index is 0.0588. The van der Waals surface area contributed by atoms with E-state index in [0.29, 0.717) is 0 Å². The van der Waals surface area contributed by atoms with Crippen LogP contribution in [0.1, 0.15) is 51.4 Å². The molecule has 24 heavy (non-hydrogen) atoms. The molecule has 1 amide bonds. The van der Waals surface area contributed by atoms with Crippen molar-refractivity contribution in [2.45, 2.75) is 52.1 Å². The molecular formula is C19H26N4O. The maximum absolute atomic E-state index is 12.4. The Labute approximate surface area is 143 Å². The highest BCUT2D eigenvalue weighted by Gasteiger charge is 2.37. The SMILES string of the molecule is CC1(C)Cc2c(cnn2-c2ccccc2)C(NC(=O)C(C)(C)N)C1. The van der Waals surface area contributed by atoms with E-state index in [1.54, 1.807) is 13.8 Å². The third-order valence-electron chi connectivity index (χ3n) is 4.57. The van der Waals surface area contributed by atoms with Gasteiger partial charge in [-0.3, -0.25) is 4.79 Å². The van der Waals surface area contributed by atoms with E-state index in [1.165, 1.54) is 0 Å². The zero-order valence-electron chi connectivity index (χ0n) is 14.8. The Hall–Kier alpha value is -2.14. The molecule has 128 valence electrons. The van der Waals surface area contributed by atoms with Crippen molar-refractivity contribution in [1.82, 2.24) is 15.1 Å². The second-order valence-electron chi connectivity index (χ2n) is 8.09. The number of nitrogens with one attached hydrogen (secondary N) is 1. The zero-order chi connectivity index (χ0) is 17.5. The summed E-state index contributed by atoms with van der Waals surface area (Å²) in [5.41, 5.74) is 8.44. The number of para-hydroxylation sites is 1. The Balaban J connectivity index is 1.99. The van der Waals surface area contributed by atoms with E-state index in [1.807, 2.05) is 41.2 Å². The van der Waals surface area contributed by atoms with Crippen molar-refractivity contribution in [3.8, 4) is 5.69 Å². The average molecular weight is 326 g/mol. The Bertz CT molecular complexity index is 740. The van der Waals surface area contributed by atoms with Crippen molar-refractivity contribution < 1.29 is 4.79 Å². The number of benzene rings is 1. The van der Waals surface area contributed by atoms with E-state index >= 15 is 0 Å². The van der Waals surface area contributed by atoms with Gasteiger partial charge in [0.2, 0.25) is 5.91 Å². The van der Waals surface area contributed by atoms with Crippen LogP contribution >= 0.6 is 0 Å². The molecule has 1 aliphatic rings. The number of hydrogen-bond donors (Lipinski definition) is 2. The molecule has 1 aromatic carbocycles. The van der Waals surface area contributed by atoms with Crippen LogP contribution in [0.5, 0.6) is 0 Å². The van der Waals surface area contributed by atoms with E-state index in [9.17, 15) is 4.79 Å². The lowest BCUT2D eigenvalue weighted by molar-refractivity contribution is -0.126. The monoisotopic (exact) mass is 326 g/mol. The average Bonchev–Trinajstić information content (AvgIpc) is 2.89. The summed E-state index contributed by atoms with van der Waals surface area (Å²) in [6.07, 6.45) is 3.68. The summed E-state index contributed by atoms with van der Waals surface area (Å²) in [4.78, 5) is 12.4. The quantitative estimate of drug-likeness (QED) is 0.911. The van der Waals surface area contributed by atoms with Gasteiger partial charge in [0.1, 0.15) is 0 Å². The van der Waals surface area contributed by atoms with Crippen LogP contribution in [0.3, 0.4) is 0 Å². The number of nitrogens with two attached hydrogens (primary N) is 1. The van der Waals surface area contributed by atoms with E-state index in [4.69, 9.17) is 5.73 Å². The van der Waals surface area contributed by atoms with Gasteiger partial charge in [-0.2, -0.15) is 5.10 Å². The van der Waals surface area contributed by atoms with Crippen molar-refractivity contribution in [1.29, 1.82) is 0 Å². The van der Waals surface area contributed by atoms with Gasteiger partial charge < -0.3 is 11.1 Å². The Morgan fingerprint density at radius 1 is 1.33 bits per heavy atom.